The van der Waals surface area contributed by atoms with Crippen molar-refractivity contribution in [2.24, 2.45) is 0 Å². The number of hydrogen-bond acceptors (Lipinski definition) is 4. The zero-order chi connectivity index (χ0) is 25.0. The molecule has 35 heavy (non-hydrogen) atoms. The van der Waals surface area contributed by atoms with Crippen LogP contribution in [0, 0.1) is 13.8 Å². The van der Waals surface area contributed by atoms with Gasteiger partial charge in [0, 0.05) is 23.6 Å². The highest BCUT2D eigenvalue weighted by atomic mass is 35.5. The third-order valence-corrected chi connectivity index (χ3v) is 7.33. The maximum absolute atomic E-state index is 13.0. The molecule has 0 aliphatic carbocycles. The number of anilines is 2. The molecule has 0 atom stereocenters. The third-order valence-electron chi connectivity index (χ3n) is 5.48. The van der Waals surface area contributed by atoms with E-state index >= 15 is 0 Å². The van der Waals surface area contributed by atoms with Gasteiger partial charge in [-0.15, -0.1) is 0 Å². The first-order valence-electron chi connectivity index (χ1n) is 10.9. The quantitative estimate of drug-likeness (QED) is 0.322. The highest BCUT2D eigenvalue weighted by molar-refractivity contribution is 7.92. The highest BCUT2D eigenvalue weighted by Gasteiger charge is 2.21. The number of carbonyl (C=O) groups excluding carboxylic acids is 1. The van der Waals surface area contributed by atoms with Gasteiger partial charge in [0.05, 0.1) is 10.7 Å². The van der Waals surface area contributed by atoms with Crippen molar-refractivity contribution in [2.75, 3.05) is 10.0 Å². The van der Waals surface area contributed by atoms with Gasteiger partial charge in [-0.25, -0.2) is 8.42 Å². The van der Waals surface area contributed by atoms with Crippen molar-refractivity contribution in [3.8, 4) is 0 Å². The lowest BCUT2D eigenvalue weighted by atomic mass is 10.1. The van der Waals surface area contributed by atoms with Crippen molar-refractivity contribution in [3.63, 3.8) is 0 Å². The van der Waals surface area contributed by atoms with E-state index in [1.807, 2.05) is 62.4 Å². The summed E-state index contributed by atoms with van der Waals surface area (Å²) in [5.74, 6) is -0.438. The second-order valence-corrected chi connectivity index (χ2v) is 10.3. The van der Waals surface area contributed by atoms with E-state index in [0.29, 0.717) is 11.4 Å². The SMILES string of the molecule is Cc1ccc(NS(=O)(=O)c2cc(C(=O)Nc3ccc(Cc4ccncc4)cc3)ccc2Cl)c(C)c1. The van der Waals surface area contributed by atoms with E-state index in [1.165, 1.54) is 18.2 Å². The van der Waals surface area contributed by atoms with Crippen LogP contribution >= 0.6 is 11.6 Å². The van der Waals surface area contributed by atoms with Gasteiger partial charge in [-0.1, -0.05) is 41.4 Å². The van der Waals surface area contributed by atoms with Gasteiger partial charge in [0.2, 0.25) is 0 Å². The molecule has 0 unspecified atom stereocenters. The number of rotatable bonds is 7. The highest BCUT2D eigenvalue weighted by Crippen LogP contribution is 2.27. The molecule has 6 nitrogen and oxygen atoms in total. The molecule has 0 bridgehead atoms. The second kappa shape index (κ2) is 10.3. The number of benzene rings is 3. The lowest BCUT2D eigenvalue weighted by Crippen LogP contribution is -2.17. The van der Waals surface area contributed by atoms with Crippen molar-refractivity contribution in [1.82, 2.24) is 4.98 Å². The molecule has 0 saturated carbocycles. The van der Waals surface area contributed by atoms with Crippen molar-refractivity contribution in [2.45, 2.75) is 25.2 Å². The molecule has 8 heteroatoms. The Morgan fingerprint density at radius 3 is 2.26 bits per heavy atom. The van der Waals surface area contributed by atoms with Gasteiger partial charge >= 0.3 is 0 Å². The molecule has 1 amide bonds. The number of hydrogen-bond donors (Lipinski definition) is 2. The number of aromatic nitrogens is 1. The van der Waals surface area contributed by atoms with E-state index in [-0.39, 0.29) is 15.5 Å². The molecule has 4 aromatic rings. The summed E-state index contributed by atoms with van der Waals surface area (Å²) in [6, 6.07) is 21.0. The summed E-state index contributed by atoms with van der Waals surface area (Å²) in [5.41, 5.74) is 5.26. The number of halogens is 1. The van der Waals surface area contributed by atoms with Crippen LogP contribution in [0.25, 0.3) is 0 Å². The molecule has 2 N–H and O–H groups in total. The van der Waals surface area contributed by atoms with Gasteiger partial charge in [-0.3, -0.25) is 14.5 Å². The summed E-state index contributed by atoms with van der Waals surface area (Å²) >= 11 is 6.21. The molecule has 0 aliphatic heterocycles. The van der Waals surface area contributed by atoms with Crippen LogP contribution in [0.4, 0.5) is 11.4 Å². The zero-order valence-electron chi connectivity index (χ0n) is 19.2. The van der Waals surface area contributed by atoms with Crippen LogP contribution in [0.2, 0.25) is 5.02 Å². The van der Waals surface area contributed by atoms with Crippen molar-refractivity contribution in [3.05, 3.63) is 118 Å². The molecule has 1 aromatic heterocycles. The third kappa shape index (κ3) is 6.07. The number of pyridine rings is 1. The topological polar surface area (TPSA) is 88.2 Å². The van der Waals surface area contributed by atoms with Crippen LogP contribution in [0.15, 0.2) is 90.1 Å². The fourth-order valence-corrected chi connectivity index (χ4v) is 5.28. The first-order valence-corrected chi connectivity index (χ1v) is 12.8. The predicted octanol–water partition coefficient (Wildman–Crippen LogP) is 6.00. The lowest BCUT2D eigenvalue weighted by molar-refractivity contribution is 0.102. The van der Waals surface area contributed by atoms with E-state index in [4.69, 9.17) is 11.6 Å². The van der Waals surface area contributed by atoms with E-state index in [0.717, 1.165) is 28.7 Å². The van der Waals surface area contributed by atoms with Crippen LogP contribution in [0.1, 0.15) is 32.6 Å². The van der Waals surface area contributed by atoms with E-state index in [2.05, 4.69) is 15.0 Å². The van der Waals surface area contributed by atoms with E-state index in [1.54, 1.807) is 18.5 Å². The Labute approximate surface area is 210 Å². The van der Waals surface area contributed by atoms with Crippen molar-refractivity contribution in [1.29, 1.82) is 0 Å². The number of sulfonamides is 1. The maximum atomic E-state index is 13.0. The molecule has 4 rings (SSSR count). The van der Waals surface area contributed by atoms with Crippen LogP contribution in [0.3, 0.4) is 0 Å². The summed E-state index contributed by atoms with van der Waals surface area (Å²) in [5, 5.41) is 2.83. The first-order chi connectivity index (χ1) is 16.7. The van der Waals surface area contributed by atoms with Gasteiger partial charge in [-0.05, 0) is 85.5 Å². The van der Waals surface area contributed by atoms with Gasteiger partial charge < -0.3 is 5.32 Å². The summed E-state index contributed by atoms with van der Waals surface area (Å²) in [6.07, 6.45) is 4.26. The number of aryl methyl sites for hydroxylation is 2. The molecule has 3 aromatic carbocycles. The Kier molecular flexibility index (Phi) is 7.19. The number of carbonyl (C=O) groups is 1. The van der Waals surface area contributed by atoms with Crippen LogP contribution < -0.4 is 10.0 Å². The van der Waals surface area contributed by atoms with E-state index in [9.17, 15) is 13.2 Å². The Bertz CT molecular complexity index is 1470. The standard InChI is InChI=1S/C27H24ClN3O3S/c1-18-3-10-25(19(2)15-18)31-35(33,34)26-17-22(6-9-24(26)28)27(32)30-23-7-4-20(5-8-23)16-21-11-13-29-14-12-21/h3-15,17,31H,16H2,1-2H3,(H,30,32). The minimum Gasteiger partial charge on any atom is -0.322 e. The normalized spacial score (nSPS) is 11.2. The Morgan fingerprint density at radius 1 is 0.886 bits per heavy atom. The predicted molar refractivity (Wildman–Crippen MR) is 140 cm³/mol. The minimum absolute atomic E-state index is 0.0271. The first kappa shape index (κ1) is 24.4. The number of nitrogens with one attached hydrogen (secondary N) is 2. The van der Waals surface area contributed by atoms with Gasteiger partial charge in [-0.2, -0.15) is 0 Å². The maximum Gasteiger partial charge on any atom is 0.263 e. The number of nitrogens with zero attached hydrogens (tertiary/aromatic N) is 1. The lowest BCUT2D eigenvalue weighted by Gasteiger charge is -2.13. The molecule has 0 saturated heterocycles. The van der Waals surface area contributed by atoms with Crippen molar-refractivity contribution >= 4 is 38.9 Å². The Balaban J connectivity index is 1.50. The fraction of sp³-hybridized carbons (Fsp3) is 0.111. The van der Waals surface area contributed by atoms with Crippen molar-refractivity contribution < 1.29 is 13.2 Å². The van der Waals surface area contributed by atoms with Crippen LogP contribution in [-0.2, 0) is 16.4 Å². The smallest absolute Gasteiger partial charge is 0.263 e. The molecule has 178 valence electrons. The largest absolute Gasteiger partial charge is 0.322 e. The van der Waals surface area contributed by atoms with Crippen LogP contribution in [0.5, 0.6) is 0 Å². The Hall–Kier alpha value is -3.68. The molecular formula is C27H24ClN3O3S. The summed E-state index contributed by atoms with van der Waals surface area (Å²) in [7, 11) is -4.01. The summed E-state index contributed by atoms with van der Waals surface area (Å²) in [6.45, 7) is 3.75. The van der Waals surface area contributed by atoms with Gasteiger partial charge in [0.15, 0.2) is 0 Å². The fourth-order valence-electron chi connectivity index (χ4n) is 3.62. The molecule has 1 heterocycles. The number of amides is 1. The zero-order valence-corrected chi connectivity index (χ0v) is 20.8. The summed E-state index contributed by atoms with van der Waals surface area (Å²) in [4.78, 5) is 16.7. The Morgan fingerprint density at radius 2 is 1.57 bits per heavy atom. The molecule has 0 aliphatic rings. The minimum atomic E-state index is -4.01. The molecule has 0 spiro atoms. The monoisotopic (exact) mass is 505 g/mol. The molecule has 0 radical (unpaired) electrons. The average Bonchev–Trinajstić information content (AvgIpc) is 2.83. The van der Waals surface area contributed by atoms with Gasteiger partial charge in [0.25, 0.3) is 15.9 Å². The van der Waals surface area contributed by atoms with E-state index < -0.39 is 15.9 Å². The molecule has 0 fully saturated rings. The molecular weight excluding hydrogens is 482 g/mol. The average molecular weight is 506 g/mol. The van der Waals surface area contributed by atoms with Gasteiger partial charge in [0.1, 0.15) is 4.90 Å². The second-order valence-electron chi connectivity index (χ2n) is 8.25. The van der Waals surface area contributed by atoms with Crippen LogP contribution in [-0.4, -0.2) is 19.3 Å². The summed E-state index contributed by atoms with van der Waals surface area (Å²) < 4.78 is 28.7.